The SMILES string of the molecule is Cc1ccc(C(=O)NNC(=O)c2ccc([N+](=O)[O-])cc2)cc1C. The highest BCUT2D eigenvalue weighted by atomic mass is 16.6. The van der Waals surface area contributed by atoms with E-state index in [1.54, 1.807) is 12.1 Å². The van der Waals surface area contributed by atoms with E-state index >= 15 is 0 Å². The van der Waals surface area contributed by atoms with Crippen molar-refractivity contribution in [3.63, 3.8) is 0 Å². The Balaban J connectivity index is 1.99. The van der Waals surface area contributed by atoms with Gasteiger partial charge in [0, 0.05) is 23.3 Å². The Hall–Kier alpha value is -3.22. The van der Waals surface area contributed by atoms with Gasteiger partial charge >= 0.3 is 0 Å². The first-order valence-electron chi connectivity index (χ1n) is 6.81. The maximum absolute atomic E-state index is 12.0. The number of carbonyl (C=O) groups is 2. The van der Waals surface area contributed by atoms with Crippen LogP contribution in [0, 0.1) is 24.0 Å². The second-order valence-electron chi connectivity index (χ2n) is 5.01. The van der Waals surface area contributed by atoms with Crippen molar-refractivity contribution in [1.82, 2.24) is 10.9 Å². The van der Waals surface area contributed by atoms with Crippen LogP contribution in [0.15, 0.2) is 42.5 Å². The van der Waals surface area contributed by atoms with E-state index in [2.05, 4.69) is 10.9 Å². The van der Waals surface area contributed by atoms with Crippen LogP contribution in [0.4, 0.5) is 5.69 Å². The number of hydrogen-bond acceptors (Lipinski definition) is 4. The van der Waals surface area contributed by atoms with Crippen molar-refractivity contribution in [3.8, 4) is 0 Å². The topological polar surface area (TPSA) is 101 Å². The number of non-ortho nitro benzene ring substituents is 1. The Labute approximate surface area is 132 Å². The Bertz CT molecular complexity index is 769. The van der Waals surface area contributed by atoms with Gasteiger partial charge in [0.25, 0.3) is 17.5 Å². The molecule has 0 aliphatic carbocycles. The Morgan fingerprint density at radius 2 is 1.39 bits per heavy atom. The Morgan fingerprint density at radius 1 is 0.870 bits per heavy atom. The Kier molecular flexibility index (Phi) is 4.70. The molecule has 2 aromatic carbocycles. The summed E-state index contributed by atoms with van der Waals surface area (Å²) in [6.45, 7) is 3.83. The van der Waals surface area contributed by atoms with E-state index in [1.165, 1.54) is 24.3 Å². The van der Waals surface area contributed by atoms with Gasteiger partial charge < -0.3 is 0 Å². The molecule has 2 N–H and O–H groups in total. The third kappa shape index (κ3) is 3.91. The van der Waals surface area contributed by atoms with Crippen molar-refractivity contribution in [2.24, 2.45) is 0 Å². The minimum Gasteiger partial charge on any atom is -0.267 e. The van der Waals surface area contributed by atoms with Crippen LogP contribution in [0.1, 0.15) is 31.8 Å². The highest BCUT2D eigenvalue weighted by Gasteiger charge is 2.11. The fourth-order valence-electron chi connectivity index (χ4n) is 1.88. The van der Waals surface area contributed by atoms with E-state index in [0.29, 0.717) is 5.56 Å². The van der Waals surface area contributed by atoms with Gasteiger partial charge in [-0.15, -0.1) is 0 Å². The number of carbonyl (C=O) groups excluding carboxylic acids is 2. The van der Waals surface area contributed by atoms with Crippen molar-refractivity contribution < 1.29 is 14.5 Å². The molecule has 7 heteroatoms. The molecule has 7 nitrogen and oxygen atoms in total. The van der Waals surface area contributed by atoms with Gasteiger partial charge in [0.15, 0.2) is 0 Å². The maximum atomic E-state index is 12.0. The number of hydrazine groups is 1. The van der Waals surface area contributed by atoms with Crippen LogP contribution in [0.2, 0.25) is 0 Å². The lowest BCUT2D eigenvalue weighted by Crippen LogP contribution is -2.41. The first-order chi connectivity index (χ1) is 10.9. The van der Waals surface area contributed by atoms with Gasteiger partial charge in [0.05, 0.1) is 4.92 Å². The molecular formula is C16H15N3O4. The molecule has 118 valence electrons. The molecule has 0 bridgehead atoms. The second kappa shape index (κ2) is 6.69. The predicted molar refractivity (Wildman–Crippen MR) is 83.9 cm³/mol. The number of aryl methyl sites for hydroxylation is 2. The average Bonchev–Trinajstić information content (AvgIpc) is 2.54. The first-order valence-corrected chi connectivity index (χ1v) is 6.81. The molecular weight excluding hydrogens is 298 g/mol. The third-order valence-corrected chi connectivity index (χ3v) is 3.40. The second-order valence-corrected chi connectivity index (χ2v) is 5.01. The lowest BCUT2D eigenvalue weighted by molar-refractivity contribution is -0.384. The average molecular weight is 313 g/mol. The Morgan fingerprint density at radius 3 is 1.91 bits per heavy atom. The molecule has 0 aliphatic heterocycles. The van der Waals surface area contributed by atoms with Crippen molar-refractivity contribution in [2.45, 2.75) is 13.8 Å². The molecule has 0 aromatic heterocycles. The fourth-order valence-corrected chi connectivity index (χ4v) is 1.88. The van der Waals surface area contributed by atoms with Crippen molar-refractivity contribution in [2.75, 3.05) is 0 Å². The number of amides is 2. The molecule has 0 unspecified atom stereocenters. The van der Waals surface area contributed by atoms with E-state index < -0.39 is 16.7 Å². The number of hydrogen-bond donors (Lipinski definition) is 2. The summed E-state index contributed by atoms with van der Waals surface area (Å²) in [7, 11) is 0. The molecule has 0 heterocycles. The van der Waals surface area contributed by atoms with Crippen LogP contribution < -0.4 is 10.9 Å². The predicted octanol–water partition coefficient (Wildman–Crippen LogP) is 2.29. The smallest absolute Gasteiger partial charge is 0.267 e. The zero-order chi connectivity index (χ0) is 17.0. The van der Waals surface area contributed by atoms with Crippen LogP contribution >= 0.6 is 0 Å². The molecule has 0 saturated carbocycles. The fraction of sp³-hybridized carbons (Fsp3) is 0.125. The van der Waals surface area contributed by atoms with Crippen LogP contribution in [0.3, 0.4) is 0 Å². The summed E-state index contributed by atoms with van der Waals surface area (Å²) in [5.74, 6) is -1.000. The first kappa shape index (κ1) is 16.2. The van der Waals surface area contributed by atoms with Crippen molar-refractivity contribution in [3.05, 3.63) is 74.8 Å². The van der Waals surface area contributed by atoms with Gasteiger partial charge in [-0.2, -0.15) is 0 Å². The minimum absolute atomic E-state index is 0.110. The third-order valence-electron chi connectivity index (χ3n) is 3.40. The molecule has 0 atom stereocenters. The lowest BCUT2D eigenvalue weighted by Gasteiger charge is -2.08. The number of nitrogens with zero attached hydrogens (tertiary/aromatic N) is 1. The maximum Gasteiger partial charge on any atom is 0.269 e. The summed E-state index contributed by atoms with van der Waals surface area (Å²) in [5.41, 5.74) is 7.14. The van der Waals surface area contributed by atoms with E-state index in [1.807, 2.05) is 19.9 Å². The summed E-state index contributed by atoms with van der Waals surface area (Å²) in [5, 5.41) is 10.6. The van der Waals surface area contributed by atoms with E-state index in [0.717, 1.165) is 11.1 Å². The molecule has 2 aromatic rings. The minimum atomic E-state index is -0.558. The van der Waals surface area contributed by atoms with Gasteiger partial charge in [-0.1, -0.05) is 6.07 Å². The van der Waals surface area contributed by atoms with E-state index in [9.17, 15) is 19.7 Å². The summed E-state index contributed by atoms with van der Waals surface area (Å²) < 4.78 is 0. The zero-order valence-corrected chi connectivity index (χ0v) is 12.6. The van der Waals surface area contributed by atoms with E-state index in [4.69, 9.17) is 0 Å². The van der Waals surface area contributed by atoms with Crippen LogP contribution in [0.25, 0.3) is 0 Å². The number of nitro benzene ring substituents is 1. The van der Waals surface area contributed by atoms with Gasteiger partial charge in [-0.05, 0) is 49.2 Å². The molecule has 0 aliphatic rings. The summed E-state index contributed by atoms with van der Waals surface area (Å²) in [6.07, 6.45) is 0. The highest BCUT2D eigenvalue weighted by molar-refractivity contribution is 5.99. The summed E-state index contributed by atoms with van der Waals surface area (Å²) in [6, 6.07) is 10.3. The van der Waals surface area contributed by atoms with Gasteiger partial charge in [-0.25, -0.2) is 0 Å². The quantitative estimate of drug-likeness (QED) is 0.670. The number of nitrogens with one attached hydrogen (secondary N) is 2. The highest BCUT2D eigenvalue weighted by Crippen LogP contribution is 2.12. The van der Waals surface area contributed by atoms with Gasteiger partial charge in [0.1, 0.15) is 0 Å². The summed E-state index contributed by atoms with van der Waals surface area (Å²) in [4.78, 5) is 33.9. The van der Waals surface area contributed by atoms with Crippen molar-refractivity contribution in [1.29, 1.82) is 0 Å². The molecule has 0 radical (unpaired) electrons. The molecule has 0 spiro atoms. The number of nitro groups is 1. The molecule has 2 amide bonds. The lowest BCUT2D eigenvalue weighted by atomic mass is 10.1. The standard InChI is InChI=1S/C16H15N3O4/c1-10-3-4-13(9-11(10)2)16(21)18-17-15(20)12-5-7-14(8-6-12)19(22)23/h3-9H,1-2H3,(H,17,20)(H,18,21). The van der Waals surface area contributed by atoms with Crippen LogP contribution in [-0.4, -0.2) is 16.7 Å². The van der Waals surface area contributed by atoms with Crippen LogP contribution in [0.5, 0.6) is 0 Å². The summed E-state index contributed by atoms with van der Waals surface area (Å²) >= 11 is 0. The van der Waals surface area contributed by atoms with Crippen LogP contribution in [-0.2, 0) is 0 Å². The molecule has 0 saturated heterocycles. The molecule has 2 rings (SSSR count). The molecule has 23 heavy (non-hydrogen) atoms. The normalized spacial score (nSPS) is 10.0. The van der Waals surface area contributed by atoms with Crippen molar-refractivity contribution >= 4 is 17.5 Å². The monoisotopic (exact) mass is 313 g/mol. The van der Waals surface area contributed by atoms with Gasteiger partial charge in [-0.3, -0.25) is 30.6 Å². The number of rotatable bonds is 3. The largest absolute Gasteiger partial charge is 0.269 e. The van der Waals surface area contributed by atoms with E-state index in [-0.39, 0.29) is 11.3 Å². The molecule has 0 fully saturated rings. The number of benzene rings is 2. The van der Waals surface area contributed by atoms with Gasteiger partial charge in [0.2, 0.25) is 0 Å². The zero-order valence-electron chi connectivity index (χ0n) is 12.6.